The number of aromatic nitrogens is 2. The van der Waals surface area contributed by atoms with Crippen molar-refractivity contribution < 1.29 is 5.11 Å². The molecule has 0 radical (unpaired) electrons. The third-order valence-electron chi connectivity index (χ3n) is 4.23. The number of nitrogens with zero attached hydrogens (tertiary/aromatic N) is 2. The van der Waals surface area contributed by atoms with Gasteiger partial charge in [-0.1, -0.05) is 31.5 Å². The van der Waals surface area contributed by atoms with E-state index in [1.54, 1.807) is 0 Å². The van der Waals surface area contributed by atoms with Crippen LogP contribution in [0.4, 0.5) is 0 Å². The second-order valence-electron chi connectivity index (χ2n) is 6.10. The van der Waals surface area contributed by atoms with Gasteiger partial charge in [0.25, 0.3) is 0 Å². The number of fused-ring (bicyclic) bond motifs is 1. The molecule has 3 heteroatoms. The van der Waals surface area contributed by atoms with Crippen molar-refractivity contribution >= 4 is 11.0 Å². The third-order valence-corrected chi connectivity index (χ3v) is 4.23. The Balaban J connectivity index is 2.10. The molecule has 0 aliphatic carbocycles. The van der Waals surface area contributed by atoms with E-state index in [1.807, 2.05) is 0 Å². The zero-order chi connectivity index (χ0) is 16.2. The van der Waals surface area contributed by atoms with E-state index >= 15 is 0 Å². The van der Waals surface area contributed by atoms with Crippen LogP contribution in [0.3, 0.4) is 0 Å². The topological polar surface area (TPSA) is 38.0 Å². The smallest absolute Gasteiger partial charge is 0.114 e. The Labute approximate surface area is 137 Å². The zero-order valence-corrected chi connectivity index (χ0v) is 13.9. The molecule has 3 aromatic rings. The summed E-state index contributed by atoms with van der Waals surface area (Å²) in [6.07, 6.45) is 4.00. The molecule has 23 heavy (non-hydrogen) atoms. The minimum absolute atomic E-state index is 0.189. The van der Waals surface area contributed by atoms with Gasteiger partial charge in [-0.25, -0.2) is 4.98 Å². The molecule has 0 bridgehead atoms. The fourth-order valence-corrected chi connectivity index (χ4v) is 2.97. The van der Waals surface area contributed by atoms with E-state index in [9.17, 15) is 0 Å². The van der Waals surface area contributed by atoms with E-state index in [-0.39, 0.29) is 6.61 Å². The molecule has 0 saturated heterocycles. The summed E-state index contributed by atoms with van der Waals surface area (Å²) >= 11 is 0. The van der Waals surface area contributed by atoms with Crippen molar-refractivity contribution in [3.8, 4) is 5.69 Å². The van der Waals surface area contributed by atoms with Crippen molar-refractivity contribution in [2.24, 2.45) is 0 Å². The molecule has 0 amide bonds. The van der Waals surface area contributed by atoms with Gasteiger partial charge in [-0.3, -0.25) is 4.57 Å². The summed E-state index contributed by atoms with van der Waals surface area (Å²) in [7, 11) is 0. The second-order valence-corrected chi connectivity index (χ2v) is 6.10. The Bertz CT molecular complexity index is 787. The van der Waals surface area contributed by atoms with E-state index in [1.165, 1.54) is 11.1 Å². The van der Waals surface area contributed by atoms with Crippen LogP contribution in [0.5, 0.6) is 0 Å². The SMILES string of the molecule is CCCCc1nc2ccc(C)cc2n1-c1ccc(CCO)cc1. The average Bonchev–Trinajstić information content (AvgIpc) is 2.91. The van der Waals surface area contributed by atoms with Crippen molar-refractivity contribution in [3.63, 3.8) is 0 Å². The maximum Gasteiger partial charge on any atom is 0.114 e. The summed E-state index contributed by atoms with van der Waals surface area (Å²) in [5, 5.41) is 9.07. The molecule has 0 saturated carbocycles. The first kappa shape index (κ1) is 15.8. The molecule has 0 spiro atoms. The van der Waals surface area contributed by atoms with Crippen molar-refractivity contribution in [2.45, 2.75) is 39.5 Å². The number of hydrogen-bond acceptors (Lipinski definition) is 2. The fourth-order valence-electron chi connectivity index (χ4n) is 2.97. The van der Waals surface area contributed by atoms with Gasteiger partial charge in [0, 0.05) is 18.7 Å². The average molecular weight is 308 g/mol. The first-order valence-corrected chi connectivity index (χ1v) is 8.41. The molecule has 1 aromatic heterocycles. The standard InChI is InChI=1S/C20H24N2O/c1-3-4-5-20-21-18-11-6-15(2)14-19(18)22(20)17-9-7-16(8-10-17)12-13-23/h6-11,14,23H,3-5,12-13H2,1-2H3. The number of aliphatic hydroxyl groups excluding tert-OH is 1. The van der Waals surface area contributed by atoms with Crippen LogP contribution < -0.4 is 0 Å². The molecule has 1 N–H and O–H groups in total. The summed E-state index contributed by atoms with van der Waals surface area (Å²) in [6, 6.07) is 14.9. The van der Waals surface area contributed by atoms with Crippen LogP contribution in [0.1, 0.15) is 36.7 Å². The number of hydrogen-bond donors (Lipinski definition) is 1. The van der Waals surface area contributed by atoms with E-state index < -0.39 is 0 Å². The van der Waals surface area contributed by atoms with Crippen molar-refractivity contribution in [1.82, 2.24) is 9.55 Å². The Morgan fingerprint density at radius 1 is 1.04 bits per heavy atom. The molecule has 0 fully saturated rings. The second kappa shape index (κ2) is 6.97. The van der Waals surface area contributed by atoms with Crippen LogP contribution >= 0.6 is 0 Å². The number of aryl methyl sites for hydroxylation is 2. The number of benzene rings is 2. The molecular weight excluding hydrogens is 284 g/mol. The molecule has 0 unspecified atom stereocenters. The lowest BCUT2D eigenvalue weighted by atomic mass is 10.1. The highest BCUT2D eigenvalue weighted by Gasteiger charge is 2.12. The molecular formula is C20H24N2O. The first-order chi connectivity index (χ1) is 11.2. The Kier molecular flexibility index (Phi) is 4.77. The normalized spacial score (nSPS) is 11.3. The summed E-state index contributed by atoms with van der Waals surface area (Å²) in [5.41, 5.74) is 5.78. The number of rotatable bonds is 6. The molecule has 0 atom stereocenters. The van der Waals surface area contributed by atoms with Crippen molar-refractivity contribution in [1.29, 1.82) is 0 Å². The van der Waals surface area contributed by atoms with Gasteiger partial charge in [0.2, 0.25) is 0 Å². The van der Waals surface area contributed by atoms with Crippen molar-refractivity contribution in [2.75, 3.05) is 6.61 Å². The number of aliphatic hydroxyl groups is 1. The Morgan fingerprint density at radius 2 is 1.83 bits per heavy atom. The molecule has 3 rings (SSSR count). The van der Waals surface area contributed by atoms with Gasteiger partial charge in [0.15, 0.2) is 0 Å². The Morgan fingerprint density at radius 3 is 2.52 bits per heavy atom. The molecule has 3 nitrogen and oxygen atoms in total. The van der Waals surface area contributed by atoms with Gasteiger partial charge in [-0.15, -0.1) is 0 Å². The predicted octanol–water partition coefficient (Wildman–Crippen LogP) is 4.21. The summed E-state index contributed by atoms with van der Waals surface area (Å²) in [4.78, 5) is 4.85. The van der Waals surface area contributed by atoms with Gasteiger partial charge in [0.1, 0.15) is 5.82 Å². The van der Waals surface area contributed by atoms with Gasteiger partial charge in [0.05, 0.1) is 11.0 Å². The van der Waals surface area contributed by atoms with Gasteiger partial charge < -0.3 is 5.11 Å². The van der Waals surface area contributed by atoms with E-state index in [0.29, 0.717) is 6.42 Å². The quantitative estimate of drug-likeness (QED) is 0.740. The summed E-state index contributed by atoms with van der Waals surface area (Å²) in [6.45, 7) is 4.52. The highest BCUT2D eigenvalue weighted by Crippen LogP contribution is 2.24. The minimum Gasteiger partial charge on any atom is -0.396 e. The van der Waals surface area contributed by atoms with Crippen LogP contribution in [0, 0.1) is 6.92 Å². The van der Waals surface area contributed by atoms with Crippen LogP contribution in [0.2, 0.25) is 0 Å². The molecule has 120 valence electrons. The maximum absolute atomic E-state index is 9.07. The molecule has 0 aliphatic rings. The van der Waals surface area contributed by atoms with Gasteiger partial charge in [-0.05, 0) is 55.2 Å². The van der Waals surface area contributed by atoms with Crippen LogP contribution in [-0.2, 0) is 12.8 Å². The lowest BCUT2D eigenvalue weighted by Crippen LogP contribution is -2.02. The van der Waals surface area contributed by atoms with Crippen molar-refractivity contribution in [3.05, 3.63) is 59.4 Å². The minimum atomic E-state index is 0.189. The Hall–Kier alpha value is -2.13. The number of unbranched alkanes of at least 4 members (excludes halogenated alkanes) is 1. The first-order valence-electron chi connectivity index (χ1n) is 8.41. The predicted molar refractivity (Wildman–Crippen MR) is 95.2 cm³/mol. The van der Waals surface area contributed by atoms with E-state index in [2.05, 4.69) is 60.9 Å². The summed E-state index contributed by atoms with van der Waals surface area (Å²) < 4.78 is 2.28. The third kappa shape index (κ3) is 3.30. The van der Waals surface area contributed by atoms with Gasteiger partial charge in [-0.2, -0.15) is 0 Å². The lowest BCUT2D eigenvalue weighted by molar-refractivity contribution is 0.299. The molecule has 0 aliphatic heterocycles. The lowest BCUT2D eigenvalue weighted by Gasteiger charge is -2.10. The van der Waals surface area contributed by atoms with Crippen LogP contribution in [0.25, 0.3) is 16.7 Å². The number of imidazole rings is 1. The highest BCUT2D eigenvalue weighted by molar-refractivity contribution is 5.79. The largest absolute Gasteiger partial charge is 0.396 e. The van der Waals surface area contributed by atoms with Crippen LogP contribution in [-0.4, -0.2) is 21.3 Å². The summed E-state index contributed by atoms with van der Waals surface area (Å²) in [5.74, 6) is 1.13. The highest BCUT2D eigenvalue weighted by atomic mass is 16.2. The van der Waals surface area contributed by atoms with Crippen LogP contribution in [0.15, 0.2) is 42.5 Å². The zero-order valence-electron chi connectivity index (χ0n) is 13.9. The monoisotopic (exact) mass is 308 g/mol. The van der Waals surface area contributed by atoms with E-state index in [0.717, 1.165) is 41.9 Å². The van der Waals surface area contributed by atoms with E-state index in [4.69, 9.17) is 10.1 Å². The van der Waals surface area contributed by atoms with Gasteiger partial charge >= 0.3 is 0 Å². The fraction of sp³-hybridized carbons (Fsp3) is 0.350. The molecule has 1 heterocycles. The maximum atomic E-state index is 9.07. The molecule has 2 aromatic carbocycles.